The van der Waals surface area contributed by atoms with E-state index in [-0.39, 0.29) is 17.7 Å². The Morgan fingerprint density at radius 1 is 1.32 bits per heavy atom. The van der Waals surface area contributed by atoms with Crippen molar-refractivity contribution in [3.05, 3.63) is 24.0 Å². The van der Waals surface area contributed by atoms with E-state index >= 15 is 0 Å². The molecule has 1 aromatic rings. The first-order valence-electron chi connectivity index (χ1n) is 6.94. The fourth-order valence-electron chi connectivity index (χ4n) is 2.23. The molecule has 0 aliphatic rings. The summed E-state index contributed by atoms with van der Waals surface area (Å²) in [4.78, 5) is 18.4. The predicted molar refractivity (Wildman–Crippen MR) is 76.1 cm³/mol. The zero-order valence-corrected chi connectivity index (χ0v) is 12.3. The van der Waals surface area contributed by atoms with Gasteiger partial charge < -0.3 is 10.0 Å². The summed E-state index contributed by atoms with van der Waals surface area (Å²) in [6.45, 7) is 9.11. The van der Waals surface area contributed by atoms with Crippen molar-refractivity contribution in [2.75, 3.05) is 6.54 Å². The van der Waals surface area contributed by atoms with Crippen LogP contribution in [0, 0.1) is 5.92 Å². The second-order valence-electron chi connectivity index (χ2n) is 5.25. The molecule has 19 heavy (non-hydrogen) atoms. The monoisotopic (exact) mass is 264 g/mol. The fourth-order valence-corrected chi connectivity index (χ4v) is 2.23. The summed E-state index contributed by atoms with van der Waals surface area (Å²) in [6.07, 6.45) is 4.71. The molecule has 4 nitrogen and oxygen atoms in total. The average Bonchev–Trinajstić information content (AvgIpc) is 2.37. The van der Waals surface area contributed by atoms with Crippen LogP contribution in [0.2, 0.25) is 0 Å². The van der Waals surface area contributed by atoms with Gasteiger partial charge in [-0.15, -0.1) is 0 Å². The number of pyridine rings is 1. The molecule has 4 heteroatoms. The van der Waals surface area contributed by atoms with Crippen molar-refractivity contribution in [3.63, 3.8) is 0 Å². The third-order valence-electron chi connectivity index (χ3n) is 3.18. The van der Waals surface area contributed by atoms with E-state index in [4.69, 9.17) is 0 Å². The number of amides is 1. The van der Waals surface area contributed by atoms with Crippen molar-refractivity contribution in [2.24, 2.45) is 5.92 Å². The minimum absolute atomic E-state index is 0.0277. The van der Waals surface area contributed by atoms with E-state index in [0.717, 1.165) is 19.4 Å². The first kappa shape index (κ1) is 15.5. The molecule has 0 unspecified atom stereocenters. The van der Waals surface area contributed by atoms with Crippen LogP contribution in [0.15, 0.2) is 18.5 Å². The first-order valence-corrected chi connectivity index (χ1v) is 6.94. The standard InChI is InChI=1S/C15H24N2O2/c1-5-13(6-2)17(10-11(3)4)15(19)12-7-14(18)9-16-8-12/h7-9,11,13,18H,5-6,10H2,1-4H3. The van der Waals surface area contributed by atoms with Gasteiger partial charge in [0.05, 0.1) is 11.8 Å². The number of hydrogen-bond donors (Lipinski definition) is 1. The van der Waals surface area contributed by atoms with Crippen molar-refractivity contribution >= 4 is 5.91 Å². The van der Waals surface area contributed by atoms with E-state index in [1.54, 1.807) is 0 Å². The van der Waals surface area contributed by atoms with Gasteiger partial charge in [-0.3, -0.25) is 9.78 Å². The van der Waals surface area contributed by atoms with E-state index in [0.29, 0.717) is 11.5 Å². The highest BCUT2D eigenvalue weighted by molar-refractivity contribution is 5.94. The zero-order chi connectivity index (χ0) is 14.4. The third-order valence-corrected chi connectivity index (χ3v) is 3.18. The molecule has 1 N–H and O–H groups in total. The summed E-state index contributed by atoms with van der Waals surface area (Å²) < 4.78 is 0. The maximum atomic E-state index is 12.6. The molecule has 0 bridgehead atoms. The minimum atomic E-state index is -0.0502. The van der Waals surface area contributed by atoms with Gasteiger partial charge in [-0.05, 0) is 24.8 Å². The molecule has 0 saturated heterocycles. The Kier molecular flexibility index (Phi) is 5.80. The fraction of sp³-hybridized carbons (Fsp3) is 0.600. The Balaban J connectivity index is 2.99. The van der Waals surface area contributed by atoms with Crippen LogP contribution in [-0.4, -0.2) is 33.5 Å². The van der Waals surface area contributed by atoms with Gasteiger partial charge in [-0.1, -0.05) is 27.7 Å². The number of hydrogen-bond acceptors (Lipinski definition) is 3. The van der Waals surface area contributed by atoms with Crippen LogP contribution >= 0.6 is 0 Å². The van der Waals surface area contributed by atoms with Gasteiger partial charge in [-0.2, -0.15) is 0 Å². The molecule has 0 aromatic carbocycles. The van der Waals surface area contributed by atoms with E-state index in [1.807, 2.05) is 4.90 Å². The topological polar surface area (TPSA) is 53.4 Å². The van der Waals surface area contributed by atoms with Gasteiger partial charge in [0.15, 0.2) is 0 Å². The molecule has 0 fully saturated rings. The zero-order valence-electron chi connectivity index (χ0n) is 12.3. The molecular formula is C15H24N2O2. The summed E-state index contributed by atoms with van der Waals surface area (Å²) in [7, 11) is 0. The molecule has 0 aliphatic heterocycles. The molecule has 1 aromatic heterocycles. The Labute approximate surface area is 115 Å². The largest absolute Gasteiger partial charge is 0.506 e. The smallest absolute Gasteiger partial charge is 0.255 e. The lowest BCUT2D eigenvalue weighted by molar-refractivity contribution is 0.0639. The average molecular weight is 264 g/mol. The van der Waals surface area contributed by atoms with E-state index in [2.05, 4.69) is 32.7 Å². The Morgan fingerprint density at radius 3 is 2.42 bits per heavy atom. The number of carbonyl (C=O) groups is 1. The minimum Gasteiger partial charge on any atom is -0.506 e. The molecule has 0 spiro atoms. The Morgan fingerprint density at radius 2 is 1.95 bits per heavy atom. The van der Waals surface area contributed by atoms with Crippen LogP contribution in [0.1, 0.15) is 50.9 Å². The van der Waals surface area contributed by atoms with Gasteiger partial charge >= 0.3 is 0 Å². The van der Waals surface area contributed by atoms with Crippen molar-refractivity contribution in [1.82, 2.24) is 9.88 Å². The van der Waals surface area contributed by atoms with Crippen molar-refractivity contribution in [2.45, 2.75) is 46.6 Å². The molecule has 0 atom stereocenters. The second-order valence-corrected chi connectivity index (χ2v) is 5.25. The Bertz CT molecular complexity index is 414. The number of aromatic hydroxyl groups is 1. The van der Waals surface area contributed by atoms with E-state index < -0.39 is 0 Å². The molecule has 1 heterocycles. The van der Waals surface area contributed by atoms with E-state index in [9.17, 15) is 9.90 Å². The molecule has 1 amide bonds. The first-order chi connectivity index (χ1) is 8.99. The van der Waals surface area contributed by atoms with Crippen LogP contribution in [0.25, 0.3) is 0 Å². The highest BCUT2D eigenvalue weighted by atomic mass is 16.3. The molecule has 106 valence electrons. The van der Waals surface area contributed by atoms with Crippen molar-refractivity contribution in [1.29, 1.82) is 0 Å². The molecule has 1 rings (SSSR count). The van der Waals surface area contributed by atoms with Gasteiger partial charge in [0.1, 0.15) is 5.75 Å². The molecule has 0 radical (unpaired) electrons. The lowest BCUT2D eigenvalue weighted by atomic mass is 10.1. The number of nitrogens with zero attached hydrogens (tertiary/aromatic N) is 2. The molecule has 0 saturated carbocycles. The van der Waals surface area contributed by atoms with E-state index in [1.165, 1.54) is 18.5 Å². The number of rotatable bonds is 6. The summed E-state index contributed by atoms with van der Waals surface area (Å²) in [5.41, 5.74) is 0.451. The lowest BCUT2D eigenvalue weighted by Gasteiger charge is -2.32. The van der Waals surface area contributed by atoms with Gasteiger partial charge in [0.2, 0.25) is 0 Å². The number of carbonyl (C=O) groups excluding carboxylic acids is 1. The summed E-state index contributed by atoms with van der Waals surface area (Å²) in [5, 5.41) is 9.45. The summed E-state index contributed by atoms with van der Waals surface area (Å²) in [5.74, 6) is 0.389. The normalized spacial score (nSPS) is 11.1. The number of aromatic nitrogens is 1. The third kappa shape index (κ3) is 4.23. The molecular weight excluding hydrogens is 240 g/mol. The SMILES string of the molecule is CCC(CC)N(CC(C)C)C(=O)c1cncc(O)c1. The second kappa shape index (κ2) is 7.12. The van der Waals surface area contributed by atoms with Gasteiger partial charge in [0, 0.05) is 18.8 Å². The van der Waals surface area contributed by atoms with Crippen LogP contribution in [-0.2, 0) is 0 Å². The molecule has 0 aliphatic carbocycles. The van der Waals surface area contributed by atoms with Gasteiger partial charge in [0.25, 0.3) is 5.91 Å². The van der Waals surface area contributed by atoms with Crippen LogP contribution in [0.5, 0.6) is 5.75 Å². The highest BCUT2D eigenvalue weighted by Gasteiger charge is 2.23. The van der Waals surface area contributed by atoms with Crippen LogP contribution in [0.4, 0.5) is 0 Å². The quantitative estimate of drug-likeness (QED) is 0.859. The van der Waals surface area contributed by atoms with Gasteiger partial charge in [-0.25, -0.2) is 0 Å². The summed E-state index contributed by atoms with van der Waals surface area (Å²) in [6, 6.07) is 1.71. The highest BCUT2D eigenvalue weighted by Crippen LogP contribution is 2.17. The maximum Gasteiger partial charge on any atom is 0.255 e. The summed E-state index contributed by atoms with van der Waals surface area (Å²) >= 11 is 0. The lowest BCUT2D eigenvalue weighted by Crippen LogP contribution is -2.42. The van der Waals surface area contributed by atoms with Crippen LogP contribution in [0.3, 0.4) is 0 Å². The predicted octanol–water partition coefficient (Wildman–Crippen LogP) is 3.07. The van der Waals surface area contributed by atoms with Crippen molar-refractivity contribution in [3.8, 4) is 5.75 Å². The Hall–Kier alpha value is -1.58. The maximum absolute atomic E-state index is 12.6. The van der Waals surface area contributed by atoms with Crippen molar-refractivity contribution < 1.29 is 9.90 Å². The van der Waals surface area contributed by atoms with Crippen LogP contribution < -0.4 is 0 Å².